The minimum absolute atomic E-state index is 0. The van der Waals surface area contributed by atoms with Gasteiger partial charge in [0, 0.05) is 24.5 Å². The van der Waals surface area contributed by atoms with Crippen LogP contribution >= 0.6 is 36.2 Å². The van der Waals surface area contributed by atoms with Gasteiger partial charge in [-0.3, -0.25) is 4.68 Å². The number of piperidine rings is 1. The minimum atomic E-state index is -0.233. The number of aryl methyl sites for hydroxylation is 2. The summed E-state index contributed by atoms with van der Waals surface area (Å²) in [6.07, 6.45) is 4.15. The molecule has 0 spiro atoms. The van der Waals surface area contributed by atoms with Crippen molar-refractivity contribution in [2.75, 3.05) is 13.1 Å². The molecule has 0 bridgehead atoms. The maximum absolute atomic E-state index is 14.8. The van der Waals surface area contributed by atoms with E-state index < -0.39 is 0 Å². The van der Waals surface area contributed by atoms with Gasteiger partial charge in [-0.1, -0.05) is 0 Å². The molecule has 2 aromatic carbocycles. The molecule has 0 atom stereocenters. The van der Waals surface area contributed by atoms with Gasteiger partial charge in [0.1, 0.15) is 5.52 Å². The van der Waals surface area contributed by atoms with E-state index in [1.165, 1.54) is 0 Å². The van der Waals surface area contributed by atoms with Gasteiger partial charge in [0.15, 0.2) is 5.82 Å². The van der Waals surface area contributed by atoms with Crippen molar-refractivity contribution < 1.29 is 4.39 Å². The largest absolute Gasteiger partial charge is 0.344 e. The topological polar surface area (TPSA) is 77.7 Å². The van der Waals surface area contributed by atoms with Crippen LogP contribution < -0.4 is 11.5 Å². The van der Waals surface area contributed by atoms with Gasteiger partial charge in [-0.05, 0) is 73.8 Å². The molecule has 2 aromatic heterocycles. The monoisotopic (exact) mass is 469 g/mol. The van der Waals surface area contributed by atoms with Crippen LogP contribution in [0.2, 0.25) is 0 Å². The summed E-state index contributed by atoms with van der Waals surface area (Å²) in [5, 5.41) is 10.0. The molecule has 30 heavy (non-hydrogen) atoms. The molecule has 0 amide bonds. The Morgan fingerprint density at radius 1 is 1.07 bits per heavy atom. The smallest absolute Gasteiger partial charge is 0.150 e. The molecule has 0 aliphatic carbocycles. The Labute approximate surface area is 191 Å². The van der Waals surface area contributed by atoms with Gasteiger partial charge < -0.3 is 11.5 Å². The molecule has 0 unspecified atom stereocenters. The second-order valence-corrected chi connectivity index (χ2v) is 8.48. The van der Waals surface area contributed by atoms with Crippen molar-refractivity contribution in [2.24, 2.45) is 7.05 Å². The van der Waals surface area contributed by atoms with Gasteiger partial charge in [-0.15, -0.1) is 36.2 Å². The van der Waals surface area contributed by atoms with Gasteiger partial charge in [0.25, 0.3) is 0 Å². The summed E-state index contributed by atoms with van der Waals surface area (Å²) in [6, 6.07) is 7.87. The summed E-state index contributed by atoms with van der Waals surface area (Å²) in [7, 11) is 1.92. The molecule has 1 aliphatic rings. The molecule has 162 valence electrons. The second-order valence-electron chi connectivity index (χ2n) is 7.41. The Bertz CT molecular complexity index is 1170. The molecule has 0 saturated carbocycles. The highest BCUT2D eigenvalue weighted by Crippen LogP contribution is 2.36. The molecule has 3 heterocycles. The minimum Gasteiger partial charge on any atom is -0.344 e. The molecule has 4 N–H and O–H groups in total. The van der Waals surface area contributed by atoms with Crippen LogP contribution in [-0.2, 0) is 7.05 Å². The second kappa shape index (κ2) is 9.58. The zero-order valence-electron chi connectivity index (χ0n) is 16.9. The Kier molecular flexibility index (Phi) is 7.82. The number of hydrogen-bond donors (Lipinski definition) is 2. The number of fused-ring (bicyclic) bond motifs is 2. The molecule has 1 saturated heterocycles. The number of rotatable bonds is 2. The van der Waals surface area contributed by atoms with E-state index in [2.05, 4.69) is 40.5 Å². The van der Waals surface area contributed by atoms with E-state index in [4.69, 9.17) is 0 Å². The fourth-order valence-electron chi connectivity index (χ4n) is 4.01. The third kappa shape index (κ3) is 4.31. The Morgan fingerprint density at radius 2 is 1.77 bits per heavy atom. The Morgan fingerprint density at radius 3 is 2.50 bits per heavy atom. The lowest BCUT2D eigenvalue weighted by Crippen LogP contribution is -2.26. The summed E-state index contributed by atoms with van der Waals surface area (Å²) in [5.74, 6) is 0.211. The standard InChI is InChI=1S/C21H21FN4S.2ClH.H3N/c1-12-7-14(8-16-11-26(2)25-19(12)16)15-9-17(22)20-18(10-15)27-21(24-20)13-3-5-23-6-4-13;;;/h7-11,13,23H,3-6H2,1-2H3;2*1H;1H3. The molecule has 5 rings (SSSR count). The van der Waals surface area contributed by atoms with Crippen molar-refractivity contribution in [3.63, 3.8) is 0 Å². The first-order chi connectivity index (χ1) is 13.1. The van der Waals surface area contributed by atoms with Crippen LogP contribution in [0.15, 0.2) is 30.5 Å². The number of benzene rings is 2. The summed E-state index contributed by atoms with van der Waals surface area (Å²) in [5.41, 5.74) is 4.52. The lowest BCUT2D eigenvalue weighted by Gasteiger charge is -2.20. The first-order valence-corrected chi connectivity index (χ1v) is 10.2. The van der Waals surface area contributed by atoms with Crippen molar-refractivity contribution in [3.05, 3.63) is 46.9 Å². The van der Waals surface area contributed by atoms with Crippen molar-refractivity contribution in [3.8, 4) is 11.1 Å². The van der Waals surface area contributed by atoms with E-state index in [0.717, 1.165) is 63.2 Å². The summed E-state index contributed by atoms with van der Waals surface area (Å²) in [4.78, 5) is 4.64. The number of hydrogen-bond acceptors (Lipinski definition) is 5. The first kappa shape index (κ1) is 24.5. The van der Waals surface area contributed by atoms with Crippen molar-refractivity contribution in [2.45, 2.75) is 25.7 Å². The van der Waals surface area contributed by atoms with Crippen LogP contribution in [0.5, 0.6) is 0 Å². The van der Waals surface area contributed by atoms with Crippen LogP contribution in [-0.4, -0.2) is 27.9 Å². The average molecular weight is 470 g/mol. The fourth-order valence-corrected chi connectivity index (χ4v) is 5.20. The number of halogens is 3. The van der Waals surface area contributed by atoms with Gasteiger partial charge in [-0.25, -0.2) is 9.37 Å². The number of thiazole rings is 1. The van der Waals surface area contributed by atoms with Gasteiger partial charge in [0.05, 0.1) is 15.2 Å². The highest BCUT2D eigenvalue weighted by Gasteiger charge is 2.21. The van der Waals surface area contributed by atoms with Gasteiger partial charge in [-0.2, -0.15) is 5.10 Å². The van der Waals surface area contributed by atoms with Gasteiger partial charge in [0.2, 0.25) is 0 Å². The molecule has 1 aliphatic heterocycles. The molecule has 1 fully saturated rings. The Balaban J connectivity index is 0.00000107. The predicted octanol–water partition coefficient (Wildman–Crippen LogP) is 5.77. The van der Waals surface area contributed by atoms with E-state index >= 15 is 0 Å². The van der Waals surface area contributed by atoms with Crippen LogP contribution in [0.3, 0.4) is 0 Å². The summed E-state index contributed by atoms with van der Waals surface area (Å²) in [6.45, 7) is 4.08. The van der Waals surface area contributed by atoms with Crippen LogP contribution in [0.25, 0.3) is 32.2 Å². The number of aromatic nitrogens is 3. The first-order valence-electron chi connectivity index (χ1n) is 9.33. The Hall–Kier alpha value is -1.77. The maximum atomic E-state index is 14.8. The molecule has 5 nitrogen and oxygen atoms in total. The highest BCUT2D eigenvalue weighted by molar-refractivity contribution is 7.18. The molecule has 0 radical (unpaired) electrons. The summed E-state index contributed by atoms with van der Waals surface area (Å²) >= 11 is 1.64. The van der Waals surface area contributed by atoms with Crippen molar-refractivity contribution in [1.29, 1.82) is 0 Å². The zero-order valence-corrected chi connectivity index (χ0v) is 19.4. The molecular weight excluding hydrogens is 444 g/mol. The molecule has 9 heteroatoms. The molecular formula is C21H26Cl2FN5S. The van der Waals surface area contributed by atoms with Crippen molar-refractivity contribution >= 4 is 57.3 Å². The third-order valence-electron chi connectivity index (χ3n) is 5.40. The van der Waals surface area contributed by atoms with Gasteiger partial charge >= 0.3 is 0 Å². The zero-order chi connectivity index (χ0) is 18.5. The normalized spacial score (nSPS) is 14.2. The molecule has 4 aromatic rings. The third-order valence-corrected chi connectivity index (χ3v) is 6.57. The quantitative estimate of drug-likeness (QED) is 0.390. The highest BCUT2D eigenvalue weighted by atomic mass is 35.5. The van der Waals surface area contributed by atoms with E-state index in [0.29, 0.717) is 11.4 Å². The summed E-state index contributed by atoms with van der Waals surface area (Å²) < 4.78 is 17.6. The average Bonchev–Trinajstić information content (AvgIpc) is 3.26. The van der Waals surface area contributed by atoms with E-state index in [-0.39, 0.29) is 36.8 Å². The maximum Gasteiger partial charge on any atom is 0.150 e. The van der Waals surface area contributed by atoms with E-state index in [1.54, 1.807) is 17.4 Å². The fraction of sp³-hybridized carbons (Fsp3) is 0.333. The predicted molar refractivity (Wildman–Crippen MR) is 128 cm³/mol. The van der Waals surface area contributed by atoms with E-state index in [1.807, 2.05) is 17.9 Å². The lowest BCUT2D eigenvalue weighted by molar-refractivity contribution is 0.459. The number of nitrogens with one attached hydrogen (secondary N) is 1. The van der Waals surface area contributed by atoms with Crippen LogP contribution in [0.4, 0.5) is 4.39 Å². The van der Waals surface area contributed by atoms with E-state index in [9.17, 15) is 4.39 Å². The van der Waals surface area contributed by atoms with Crippen LogP contribution in [0, 0.1) is 12.7 Å². The van der Waals surface area contributed by atoms with Crippen LogP contribution in [0.1, 0.15) is 29.3 Å². The lowest BCUT2D eigenvalue weighted by atomic mass is 9.99. The SMILES string of the molecule is Cc1cc(-c2cc(F)c3nc(C4CCNCC4)sc3c2)cc2cn(C)nc12.Cl.Cl.N. The number of nitrogens with zero attached hydrogens (tertiary/aromatic N) is 3. The van der Waals surface area contributed by atoms with Crippen molar-refractivity contribution in [1.82, 2.24) is 26.2 Å².